The van der Waals surface area contributed by atoms with Gasteiger partial charge >= 0.3 is 5.69 Å². The van der Waals surface area contributed by atoms with E-state index in [0.717, 1.165) is 12.1 Å². The lowest BCUT2D eigenvalue weighted by atomic mass is 9.99. The zero-order valence-electron chi connectivity index (χ0n) is 19.0. The minimum Gasteiger partial charge on any atom is -0.490 e. The molecule has 6 rings (SSSR count). The average molecular weight is 496 g/mol. The van der Waals surface area contributed by atoms with E-state index in [1.807, 2.05) is 0 Å². The summed E-state index contributed by atoms with van der Waals surface area (Å²) in [6.45, 7) is 0.515. The quantitative estimate of drug-likeness (QED) is 0.371. The van der Waals surface area contributed by atoms with Gasteiger partial charge in [0.05, 0.1) is 48.6 Å². The Kier molecular flexibility index (Phi) is 5.25. The Labute approximate surface area is 201 Å². The molecular formula is C24H19F3N6O3. The maximum absolute atomic E-state index is 15.0. The molecule has 4 heterocycles. The number of ether oxygens (including phenoxy) is 2. The van der Waals surface area contributed by atoms with Gasteiger partial charge in [-0.1, -0.05) is 0 Å². The molecule has 3 aromatic heterocycles. The van der Waals surface area contributed by atoms with Gasteiger partial charge in [0.2, 0.25) is 5.95 Å². The van der Waals surface area contributed by atoms with Crippen LogP contribution >= 0.6 is 0 Å². The van der Waals surface area contributed by atoms with E-state index >= 15 is 0 Å². The number of rotatable bonds is 5. The van der Waals surface area contributed by atoms with Gasteiger partial charge in [0, 0.05) is 19.6 Å². The molecule has 0 spiro atoms. The van der Waals surface area contributed by atoms with Crippen molar-refractivity contribution in [2.45, 2.75) is 19.0 Å². The Morgan fingerprint density at radius 3 is 2.78 bits per heavy atom. The highest BCUT2D eigenvalue weighted by atomic mass is 19.1. The SMILES string of the molecule is COCCn1c(=O)n(C2CCOc3c(F)ccc(F)c32)c2nc(-n3cnc4ccc(F)cc43)ncc21. The molecule has 1 atom stereocenters. The Morgan fingerprint density at radius 1 is 1.11 bits per heavy atom. The van der Waals surface area contributed by atoms with E-state index in [0.29, 0.717) is 16.6 Å². The number of fused-ring (bicyclic) bond motifs is 3. The van der Waals surface area contributed by atoms with Crippen molar-refractivity contribution in [3.05, 3.63) is 76.4 Å². The molecule has 0 amide bonds. The van der Waals surface area contributed by atoms with Crippen molar-refractivity contribution in [2.24, 2.45) is 0 Å². The largest absolute Gasteiger partial charge is 0.490 e. The van der Waals surface area contributed by atoms with Gasteiger partial charge in [-0.05, 0) is 24.3 Å². The van der Waals surface area contributed by atoms with Crippen molar-refractivity contribution in [3.63, 3.8) is 0 Å². The van der Waals surface area contributed by atoms with E-state index in [9.17, 15) is 18.0 Å². The van der Waals surface area contributed by atoms with Crippen LogP contribution in [0.5, 0.6) is 5.75 Å². The second-order valence-electron chi connectivity index (χ2n) is 8.35. The Bertz CT molecular complexity index is 1690. The van der Waals surface area contributed by atoms with Crippen molar-refractivity contribution in [1.82, 2.24) is 28.7 Å². The third kappa shape index (κ3) is 3.36. The van der Waals surface area contributed by atoms with Crippen LogP contribution in [-0.4, -0.2) is 49.0 Å². The number of methoxy groups -OCH3 is 1. The smallest absolute Gasteiger partial charge is 0.331 e. The molecule has 12 heteroatoms. The topological polar surface area (TPSA) is 89.0 Å². The molecule has 0 bridgehead atoms. The summed E-state index contributed by atoms with van der Waals surface area (Å²) in [6.07, 6.45) is 3.14. The average Bonchev–Trinajstić information content (AvgIpc) is 3.42. The molecular weight excluding hydrogens is 477 g/mol. The third-order valence-electron chi connectivity index (χ3n) is 6.31. The molecule has 0 aliphatic carbocycles. The lowest BCUT2D eigenvalue weighted by molar-refractivity contribution is 0.186. The summed E-state index contributed by atoms with van der Waals surface area (Å²) in [5.41, 5.74) is 1.04. The molecule has 0 saturated carbocycles. The molecule has 36 heavy (non-hydrogen) atoms. The molecule has 5 aromatic rings. The van der Waals surface area contributed by atoms with Crippen molar-refractivity contribution in [3.8, 4) is 11.7 Å². The van der Waals surface area contributed by atoms with Crippen LogP contribution in [-0.2, 0) is 11.3 Å². The van der Waals surface area contributed by atoms with Gasteiger partial charge in [-0.3, -0.25) is 13.7 Å². The first-order valence-corrected chi connectivity index (χ1v) is 11.2. The summed E-state index contributed by atoms with van der Waals surface area (Å²) in [4.78, 5) is 26.9. The van der Waals surface area contributed by atoms with Crippen LogP contribution in [0, 0.1) is 17.5 Å². The maximum Gasteiger partial charge on any atom is 0.331 e. The predicted molar refractivity (Wildman–Crippen MR) is 123 cm³/mol. The molecule has 1 aliphatic heterocycles. The standard InChI is InChI=1S/C24H19F3N6O3/c1-35-9-7-31-19-11-28-23(32-12-29-16-5-2-13(25)10-18(16)32)30-22(19)33(24(31)34)17-6-8-36-21-15(27)4-3-14(26)20(17)21/h2-5,10-12,17H,6-9H2,1H3. The van der Waals surface area contributed by atoms with E-state index in [1.165, 1.54) is 51.5 Å². The van der Waals surface area contributed by atoms with Crippen molar-refractivity contribution < 1.29 is 22.6 Å². The number of aromatic nitrogens is 6. The monoisotopic (exact) mass is 496 g/mol. The molecule has 0 saturated heterocycles. The second-order valence-corrected chi connectivity index (χ2v) is 8.35. The number of halogens is 3. The molecule has 0 radical (unpaired) electrons. The fraction of sp³-hybridized carbons (Fsp3) is 0.250. The first-order valence-electron chi connectivity index (χ1n) is 11.2. The fourth-order valence-electron chi connectivity index (χ4n) is 4.67. The van der Waals surface area contributed by atoms with Gasteiger partial charge in [0.15, 0.2) is 17.2 Å². The fourth-order valence-corrected chi connectivity index (χ4v) is 4.67. The van der Waals surface area contributed by atoms with Crippen LogP contribution in [0.15, 0.2) is 47.7 Å². The van der Waals surface area contributed by atoms with Crippen LogP contribution in [0.1, 0.15) is 18.0 Å². The van der Waals surface area contributed by atoms with E-state index in [4.69, 9.17) is 9.47 Å². The van der Waals surface area contributed by atoms with E-state index in [-0.39, 0.29) is 49.1 Å². The summed E-state index contributed by atoms with van der Waals surface area (Å²) in [5.74, 6) is -1.94. The van der Waals surface area contributed by atoms with E-state index in [2.05, 4.69) is 15.0 Å². The van der Waals surface area contributed by atoms with Crippen molar-refractivity contribution in [2.75, 3.05) is 20.3 Å². The second kappa shape index (κ2) is 8.48. The highest BCUT2D eigenvalue weighted by molar-refractivity contribution is 5.78. The third-order valence-corrected chi connectivity index (χ3v) is 6.31. The lowest BCUT2D eigenvalue weighted by Gasteiger charge is -2.27. The predicted octanol–water partition coefficient (Wildman–Crippen LogP) is 3.37. The minimum atomic E-state index is -0.872. The Hall–Kier alpha value is -4.19. The summed E-state index contributed by atoms with van der Waals surface area (Å²) in [7, 11) is 1.51. The summed E-state index contributed by atoms with van der Waals surface area (Å²) in [5, 5.41) is 0. The van der Waals surface area contributed by atoms with Gasteiger partial charge in [-0.2, -0.15) is 4.98 Å². The van der Waals surface area contributed by atoms with Crippen LogP contribution in [0.3, 0.4) is 0 Å². The highest BCUT2D eigenvalue weighted by Gasteiger charge is 2.33. The summed E-state index contributed by atoms with van der Waals surface area (Å²) < 4.78 is 58.2. The normalized spacial score (nSPS) is 15.4. The van der Waals surface area contributed by atoms with E-state index < -0.39 is 29.2 Å². The first-order chi connectivity index (χ1) is 17.5. The van der Waals surface area contributed by atoms with Gasteiger partial charge in [0.1, 0.15) is 23.5 Å². The number of hydrogen-bond acceptors (Lipinski definition) is 6. The van der Waals surface area contributed by atoms with Gasteiger partial charge < -0.3 is 9.47 Å². The van der Waals surface area contributed by atoms with Gasteiger partial charge in [-0.25, -0.2) is 27.9 Å². The number of imidazole rings is 2. The number of nitrogens with zero attached hydrogens (tertiary/aromatic N) is 6. The minimum absolute atomic E-state index is 0.0514. The van der Waals surface area contributed by atoms with Crippen molar-refractivity contribution in [1.29, 1.82) is 0 Å². The van der Waals surface area contributed by atoms with E-state index in [1.54, 1.807) is 0 Å². The van der Waals surface area contributed by atoms with Gasteiger partial charge in [-0.15, -0.1) is 0 Å². The molecule has 1 aliphatic rings. The maximum atomic E-state index is 15.0. The van der Waals surface area contributed by atoms with Crippen LogP contribution in [0.2, 0.25) is 0 Å². The van der Waals surface area contributed by atoms with Crippen LogP contribution in [0.4, 0.5) is 13.2 Å². The van der Waals surface area contributed by atoms with Crippen molar-refractivity contribution >= 4 is 22.2 Å². The Morgan fingerprint density at radius 2 is 1.94 bits per heavy atom. The van der Waals surface area contributed by atoms with Crippen LogP contribution in [0.25, 0.3) is 28.1 Å². The van der Waals surface area contributed by atoms with Crippen LogP contribution < -0.4 is 10.4 Å². The first kappa shape index (κ1) is 22.3. The Balaban J connectivity index is 1.61. The molecule has 9 nitrogen and oxygen atoms in total. The number of benzene rings is 2. The molecule has 0 N–H and O–H groups in total. The number of hydrogen-bond donors (Lipinski definition) is 0. The zero-order valence-corrected chi connectivity index (χ0v) is 19.0. The summed E-state index contributed by atoms with van der Waals surface area (Å²) >= 11 is 0. The molecule has 0 fully saturated rings. The molecule has 184 valence electrons. The summed E-state index contributed by atoms with van der Waals surface area (Å²) in [6, 6.07) is 5.27. The zero-order chi connectivity index (χ0) is 25.0. The molecule has 1 unspecified atom stereocenters. The lowest BCUT2D eigenvalue weighted by Crippen LogP contribution is -2.32. The highest BCUT2D eigenvalue weighted by Crippen LogP contribution is 2.39. The molecule has 2 aromatic carbocycles. The van der Waals surface area contributed by atoms with Gasteiger partial charge in [0.25, 0.3) is 0 Å².